The zero-order valence-corrected chi connectivity index (χ0v) is 19.7. The molecule has 0 radical (unpaired) electrons. The van der Waals surface area contributed by atoms with Gasteiger partial charge in [-0.1, -0.05) is 34.1 Å². The van der Waals surface area contributed by atoms with Crippen LogP contribution in [0.4, 0.5) is 0 Å². The smallest absolute Gasteiger partial charge is 0.399 e. The standard InChI is InChI=1S/C13H17BN4O2.C7H5BrN4/c1-12(2)13(3,4)20-14(19-12)10-6-5-7-11(8-10)18-9-15-16-17-18;8-6-2-1-3-7(4-6)12-5-9-10-11-12/h5-9H,1-4H3;1-5H. The number of hydrogen-bond donors (Lipinski definition) is 0. The maximum absolute atomic E-state index is 6.04. The first-order valence-electron chi connectivity index (χ1n) is 9.93. The highest BCUT2D eigenvalue weighted by Crippen LogP contribution is 2.36. The lowest BCUT2D eigenvalue weighted by molar-refractivity contribution is 0.00578. The van der Waals surface area contributed by atoms with E-state index in [-0.39, 0.29) is 18.3 Å². The highest BCUT2D eigenvalue weighted by Gasteiger charge is 2.51. The van der Waals surface area contributed by atoms with Crippen LogP contribution in [0.5, 0.6) is 0 Å². The van der Waals surface area contributed by atoms with Gasteiger partial charge in [-0.2, -0.15) is 0 Å². The van der Waals surface area contributed by atoms with Gasteiger partial charge in [0.05, 0.1) is 22.6 Å². The molecule has 0 saturated carbocycles. The summed E-state index contributed by atoms with van der Waals surface area (Å²) in [6.45, 7) is 8.16. The van der Waals surface area contributed by atoms with Gasteiger partial charge in [-0.3, -0.25) is 0 Å². The third kappa shape index (κ3) is 4.77. The highest BCUT2D eigenvalue weighted by molar-refractivity contribution is 9.10. The largest absolute Gasteiger partial charge is 0.494 e. The summed E-state index contributed by atoms with van der Waals surface area (Å²) < 4.78 is 16.3. The second-order valence-electron chi connectivity index (χ2n) is 8.17. The SMILES string of the molecule is Brc1cccc(-n2cnnn2)c1.CC1(C)OB(c2cccc(-n3cnnn3)c2)OC1(C)C. The Kier molecular flexibility index (Phi) is 6.18. The Morgan fingerprint density at radius 2 is 1.31 bits per heavy atom. The Morgan fingerprint density at radius 3 is 1.81 bits per heavy atom. The summed E-state index contributed by atoms with van der Waals surface area (Å²) in [6.07, 6.45) is 3.12. The van der Waals surface area contributed by atoms with Crippen molar-refractivity contribution in [1.29, 1.82) is 0 Å². The number of tetrazole rings is 2. The van der Waals surface area contributed by atoms with Gasteiger partial charge >= 0.3 is 7.12 Å². The Hall–Kier alpha value is -2.96. The molecule has 3 heterocycles. The minimum Gasteiger partial charge on any atom is -0.399 e. The van der Waals surface area contributed by atoms with Crippen LogP contribution in [0.15, 0.2) is 65.7 Å². The van der Waals surface area contributed by atoms with Crippen LogP contribution < -0.4 is 5.46 Å². The molecule has 4 aromatic rings. The Bertz CT molecular complexity index is 1150. The van der Waals surface area contributed by atoms with Gasteiger partial charge in [0.25, 0.3) is 0 Å². The van der Waals surface area contributed by atoms with Crippen molar-refractivity contribution in [1.82, 2.24) is 40.4 Å². The van der Waals surface area contributed by atoms with E-state index in [1.807, 2.05) is 76.2 Å². The van der Waals surface area contributed by atoms with E-state index in [0.717, 1.165) is 21.3 Å². The zero-order valence-electron chi connectivity index (χ0n) is 18.1. The summed E-state index contributed by atoms with van der Waals surface area (Å²) in [4.78, 5) is 0. The van der Waals surface area contributed by atoms with Crippen molar-refractivity contribution in [3.63, 3.8) is 0 Å². The first kappa shape index (κ1) is 22.2. The fraction of sp³-hybridized carbons (Fsp3) is 0.300. The number of hydrogen-bond acceptors (Lipinski definition) is 8. The average Bonchev–Trinajstić information content (AvgIpc) is 3.50. The lowest BCUT2D eigenvalue weighted by Crippen LogP contribution is -2.41. The van der Waals surface area contributed by atoms with Crippen LogP contribution in [-0.4, -0.2) is 58.7 Å². The monoisotopic (exact) mass is 496 g/mol. The molecule has 1 saturated heterocycles. The number of nitrogens with zero attached hydrogens (tertiary/aromatic N) is 8. The second kappa shape index (κ2) is 8.89. The van der Waals surface area contributed by atoms with Crippen LogP contribution >= 0.6 is 15.9 Å². The molecular formula is C20H22BBrN8O2. The molecule has 1 fully saturated rings. The Balaban J connectivity index is 0.000000174. The molecule has 0 atom stereocenters. The van der Waals surface area contributed by atoms with E-state index in [0.29, 0.717) is 0 Å². The molecule has 0 aliphatic carbocycles. The minimum atomic E-state index is -0.378. The molecule has 0 N–H and O–H groups in total. The third-order valence-corrected chi connectivity index (χ3v) is 5.92. The lowest BCUT2D eigenvalue weighted by atomic mass is 9.79. The van der Waals surface area contributed by atoms with E-state index in [4.69, 9.17) is 9.31 Å². The fourth-order valence-corrected chi connectivity index (χ4v) is 3.36. The maximum Gasteiger partial charge on any atom is 0.494 e. The van der Waals surface area contributed by atoms with Crippen LogP contribution in [-0.2, 0) is 9.31 Å². The van der Waals surface area contributed by atoms with Gasteiger partial charge in [-0.05, 0) is 84.3 Å². The summed E-state index contributed by atoms with van der Waals surface area (Å²) >= 11 is 3.37. The minimum absolute atomic E-state index is 0.345. The number of halogens is 1. The molecule has 164 valence electrons. The van der Waals surface area contributed by atoms with Gasteiger partial charge in [0, 0.05) is 4.47 Å². The third-order valence-electron chi connectivity index (χ3n) is 5.43. The summed E-state index contributed by atoms with van der Waals surface area (Å²) in [6, 6.07) is 15.6. The Labute approximate surface area is 194 Å². The molecule has 12 heteroatoms. The van der Waals surface area contributed by atoms with E-state index in [1.54, 1.807) is 22.0 Å². The molecule has 1 aliphatic heterocycles. The second-order valence-corrected chi connectivity index (χ2v) is 9.09. The van der Waals surface area contributed by atoms with E-state index in [1.165, 1.54) is 0 Å². The van der Waals surface area contributed by atoms with Crippen LogP contribution in [0.25, 0.3) is 11.4 Å². The predicted molar refractivity (Wildman–Crippen MR) is 122 cm³/mol. The van der Waals surface area contributed by atoms with E-state index in [2.05, 4.69) is 47.0 Å². The van der Waals surface area contributed by atoms with Gasteiger partial charge in [0.1, 0.15) is 12.7 Å². The van der Waals surface area contributed by atoms with Gasteiger partial charge in [-0.25, -0.2) is 9.36 Å². The van der Waals surface area contributed by atoms with Crippen LogP contribution in [0.1, 0.15) is 27.7 Å². The average molecular weight is 497 g/mol. The van der Waals surface area contributed by atoms with Crippen molar-refractivity contribution in [2.45, 2.75) is 38.9 Å². The molecule has 2 aromatic heterocycles. The van der Waals surface area contributed by atoms with Crippen molar-refractivity contribution in [3.05, 3.63) is 65.7 Å². The first-order chi connectivity index (χ1) is 15.2. The van der Waals surface area contributed by atoms with E-state index < -0.39 is 0 Å². The number of rotatable bonds is 3. The van der Waals surface area contributed by atoms with Crippen LogP contribution in [0, 0.1) is 0 Å². The molecule has 0 bridgehead atoms. The molecule has 5 rings (SSSR count). The molecular weight excluding hydrogens is 475 g/mol. The molecule has 0 spiro atoms. The lowest BCUT2D eigenvalue weighted by Gasteiger charge is -2.32. The maximum atomic E-state index is 6.04. The van der Waals surface area contributed by atoms with Crippen molar-refractivity contribution in [2.75, 3.05) is 0 Å². The zero-order chi connectivity index (χ0) is 22.8. The number of benzene rings is 2. The normalized spacial score (nSPS) is 16.5. The van der Waals surface area contributed by atoms with Crippen molar-refractivity contribution in [2.24, 2.45) is 0 Å². The first-order valence-corrected chi connectivity index (χ1v) is 10.7. The fourth-order valence-electron chi connectivity index (χ4n) is 2.97. The van der Waals surface area contributed by atoms with Crippen molar-refractivity contribution < 1.29 is 9.31 Å². The van der Waals surface area contributed by atoms with Gasteiger partial charge in [-0.15, -0.1) is 10.2 Å². The molecule has 2 aromatic carbocycles. The molecule has 32 heavy (non-hydrogen) atoms. The van der Waals surface area contributed by atoms with Gasteiger partial charge in [0.15, 0.2) is 0 Å². The summed E-state index contributed by atoms with van der Waals surface area (Å²) in [5.41, 5.74) is 2.08. The topological polar surface area (TPSA) is 106 Å². The van der Waals surface area contributed by atoms with Crippen molar-refractivity contribution >= 4 is 28.5 Å². The van der Waals surface area contributed by atoms with Crippen LogP contribution in [0.2, 0.25) is 0 Å². The van der Waals surface area contributed by atoms with Gasteiger partial charge < -0.3 is 9.31 Å². The summed E-state index contributed by atoms with van der Waals surface area (Å²) in [5.74, 6) is 0. The molecule has 0 unspecified atom stereocenters. The summed E-state index contributed by atoms with van der Waals surface area (Å²) in [7, 11) is -0.378. The molecule has 1 aliphatic rings. The quantitative estimate of drug-likeness (QED) is 0.398. The van der Waals surface area contributed by atoms with Gasteiger partial charge in [0.2, 0.25) is 0 Å². The predicted octanol–water partition coefficient (Wildman–Crippen LogP) is 2.39. The van der Waals surface area contributed by atoms with Crippen LogP contribution in [0.3, 0.4) is 0 Å². The van der Waals surface area contributed by atoms with E-state index >= 15 is 0 Å². The number of aromatic nitrogens is 8. The molecule has 10 nitrogen and oxygen atoms in total. The summed E-state index contributed by atoms with van der Waals surface area (Å²) in [5, 5.41) is 22.0. The molecule has 0 amide bonds. The highest BCUT2D eigenvalue weighted by atomic mass is 79.9. The van der Waals surface area contributed by atoms with Crippen molar-refractivity contribution in [3.8, 4) is 11.4 Å². The Morgan fingerprint density at radius 1 is 0.781 bits per heavy atom. The van der Waals surface area contributed by atoms with E-state index in [9.17, 15) is 0 Å².